The Hall–Kier alpha value is -3.15. The molecule has 1 aliphatic carbocycles. The van der Waals surface area contributed by atoms with Crippen LogP contribution in [0.25, 0.3) is 0 Å². The highest BCUT2D eigenvalue weighted by atomic mass is 16.4. The topological polar surface area (TPSA) is 86.7 Å². The molecule has 0 bridgehead atoms. The fourth-order valence-corrected chi connectivity index (χ4v) is 3.14. The highest BCUT2D eigenvalue weighted by Gasteiger charge is 2.36. The molecule has 6 nitrogen and oxygen atoms in total. The van der Waals surface area contributed by atoms with E-state index in [1.807, 2.05) is 6.07 Å². The van der Waals surface area contributed by atoms with E-state index in [-0.39, 0.29) is 18.4 Å². The molecule has 0 aromatic heterocycles. The Labute approximate surface area is 164 Å². The van der Waals surface area contributed by atoms with Crippen LogP contribution in [-0.4, -0.2) is 36.5 Å². The van der Waals surface area contributed by atoms with Gasteiger partial charge < -0.3 is 15.3 Å². The van der Waals surface area contributed by atoms with Crippen LogP contribution in [0.15, 0.2) is 54.6 Å². The lowest BCUT2D eigenvalue weighted by Crippen LogP contribution is -2.44. The fourth-order valence-electron chi connectivity index (χ4n) is 3.14. The van der Waals surface area contributed by atoms with Crippen LogP contribution in [0.1, 0.15) is 35.7 Å². The van der Waals surface area contributed by atoms with Crippen LogP contribution in [-0.2, 0) is 15.0 Å². The van der Waals surface area contributed by atoms with Gasteiger partial charge in [0.15, 0.2) is 0 Å². The number of hydrogen-bond acceptors (Lipinski definition) is 3. The minimum absolute atomic E-state index is 0.0000835. The fraction of sp³-hybridized carbons (Fsp3) is 0.318. The monoisotopic (exact) mass is 380 g/mol. The molecule has 2 amide bonds. The molecule has 0 heterocycles. The van der Waals surface area contributed by atoms with Crippen LogP contribution < -0.4 is 10.2 Å². The minimum Gasteiger partial charge on any atom is -0.481 e. The maximum Gasteiger partial charge on any atom is 0.315 e. The van der Waals surface area contributed by atoms with Crippen molar-refractivity contribution in [1.29, 1.82) is 0 Å². The molecule has 0 saturated heterocycles. The van der Waals surface area contributed by atoms with Crippen molar-refractivity contribution in [2.45, 2.75) is 25.2 Å². The Morgan fingerprint density at radius 1 is 1.07 bits per heavy atom. The van der Waals surface area contributed by atoms with E-state index in [2.05, 4.69) is 5.32 Å². The number of amides is 2. The number of rotatable bonds is 7. The summed E-state index contributed by atoms with van der Waals surface area (Å²) in [6, 6.07) is 15.7. The summed E-state index contributed by atoms with van der Waals surface area (Å²) in [6.45, 7) is 1.51. The van der Waals surface area contributed by atoms with Gasteiger partial charge in [-0.1, -0.05) is 42.5 Å². The van der Waals surface area contributed by atoms with Crippen LogP contribution in [0.5, 0.6) is 0 Å². The quantitative estimate of drug-likeness (QED) is 0.773. The molecule has 0 radical (unpaired) electrons. The number of aliphatic carboxylic acids is 1. The molecule has 1 unspecified atom stereocenters. The molecule has 2 N–H and O–H groups in total. The number of nitrogens with zero attached hydrogens (tertiary/aromatic N) is 1. The molecule has 28 heavy (non-hydrogen) atoms. The Balaban J connectivity index is 1.79. The molecule has 3 rings (SSSR count). The van der Waals surface area contributed by atoms with Crippen LogP contribution in [0.4, 0.5) is 5.69 Å². The second-order valence-corrected chi connectivity index (χ2v) is 7.37. The zero-order chi connectivity index (χ0) is 20.3. The molecule has 0 aliphatic heterocycles. The van der Waals surface area contributed by atoms with Gasteiger partial charge in [0.05, 0.1) is 11.3 Å². The number of carbonyl (C=O) groups excluding carboxylic acids is 2. The van der Waals surface area contributed by atoms with Gasteiger partial charge >= 0.3 is 5.97 Å². The summed E-state index contributed by atoms with van der Waals surface area (Å²) >= 11 is 0. The van der Waals surface area contributed by atoms with Gasteiger partial charge in [0.25, 0.3) is 5.91 Å². The van der Waals surface area contributed by atoms with E-state index < -0.39 is 17.3 Å². The zero-order valence-electron chi connectivity index (χ0n) is 16.0. The van der Waals surface area contributed by atoms with Crippen molar-refractivity contribution in [2.75, 3.05) is 18.5 Å². The van der Waals surface area contributed by atoms with Crippen LogP contribution in [0, 0.1) is 5.92 Å². The van der Waals surface area contributed by atoms with Gasteiger partial charge in [-0.05, 0) is 37.5 Å². The first kappa shape index (κ1) is 19.6. The number of para-hydroxylation sites is 1. The molecule has 1 atom stereocenters. The summed E-state index contributed by atoms with van der Waals surface area (Å²) in [5.74, 6) is -1.39. The third-order valence-corrected chi connectivity index (χ3v) is 5.25. The highest BCUT2D eigenvalue weighted by Crippen LogP contribution is 2.33. The van der Waals surface area contributed by atoms with Crippen molar-refractivity contribution in [2.24, 2.45) is 5.92 Å². The van der Waals surface area contributed by atoms with E-state index in [0.717, 1.165) is 12.8 Å². The predicted molar refractivity (Wildman–Crippen MR) is 106 cm³/mol. The van der Waals surface area contributed by atoms with Gasteiger partial charge in [-0.25, -0.2) is 0 Å². The molecular formula is C22H24N2O4. The third kappa shape index (κ3) is 3.91. The van der Waals surface area contributed by atoms with E-state index in [1.165, 1.54) is 4.90 Å². The standard InChI is InChI=1S/C22H24N2O4/c1-22(21(27)28,16-8-4-3-5-9-16)14-23-19(25)17-10-6-7-11-18(17)24(2)20(26)15-12-13-15/h3-11,15H,12-14H2,1-2H3,(H,23,25)(H,27,28). The van der Waals surface area contributed by atoms with E-state index in [4.69, 9.17) is 0 Å². The first-order chi connectivity index (χ1) is 13.3. The van der Waals surface area contributed by atoms with Gasteiger partial charge in [0.2, 0.25) is 5.91 Å². The Morgan fingerprint density at radius 3 is 2.29 bits per heavy atom. The Kier molecular flexibility index (Phi) is 5.49. The van der Waals surface area contributed by atoms with Crippen molar-refractivity contribution in [1.82, 2.24) is 5.32 Å². The predicted octanol–water partition coefficient (Wildman–Crippen LogP) is 2.83. The summed E-state index contributed by atoms with van der Waals surface area (Å²) in [4.78, 5) is 38.7. The Morgan fingerprint density at radius 2 is 1.68 bits per heavy atom. The summed E-state index contributed by atoms with van der Waals surface area (Å²) in [6.07, 6.45) is 1.76. The largest absolute Gasteiger partial charge is 0.481 e. The maximum atomic E-state index is 12.8. The molecule has 0 spiro atoms. The summed E-state index contributed by atoms with van der Waals surface area (Å²) in [7, 11) is 1.66. The lowest BCUT2D eigenvalue weighted by molar-refractivity contribution is -0.143. The van der Waals surface area contributed by atoms with E-state index >= 15 is 0 Å². The maximum absolute atomic E-state index is 12.8. The lowest BCUT2D eigenvalue weighted by atomic mass is 9.82. The molecule has 2 aromatic rings. The number of anilines is 1. The van der Waals surface area contributed by atoms with Crippen LogP contribution in [0.3, 0.4) is 0 Å². The average Bonchev–Trinajstić information content (AvgIpc) is 3.56. The van der Waals surface area contributed by atoms with Crippen molar-refractivity contribution < 1.29 is 19.5 Å². The van der Waals surface area contributed by atoms with Crippen LogP contribution >= 0.6 is 0 Å². The molecule has 146 valence electrons. The SMILES string of the molecule is CN(C(=O)C1CC1)c1ccccc1C(=O)NCC(C)(C(=O)O)c1ccccc1. The van der Waals surface area contributed by atoms with Gasteiger partial charge in [-0.15, -0.1) is 0 Å². The highest BCUT2D eigenvalue weighted by molar-refractivity contribution is 6.05. The second-order valence-electron chi connectivity index (χ2n) is 7.37. The van der Waals surface area contributed by atoms with E-state index in [9.17, 15) is 19.5 Å². The van der Waals surface area contributed by atoms with Crippen LogP contribution in [0.2, 0.25) is 0 Å². The summed E-state index contributed by atoms with van der Waals surface area (Å²) < 4.78 is 0. The molecule has 1 fully saturated rings. The Bertz CT molecular complexity index is 892. The zero-order valence-corrected chi connectivity index (χ0v) is 16.0. The normalized spacial score (nSPS) is 15.4. The number of carboxylic acid groups (broad SMARTS) is 1. The van der Waals surface area contributed by atoms with Gasteiger partial charge in [-0.3, -0.25) is 14.4 Å². The van der Waals surface area contributed by atoms with E-state index in [1.54, 1.807) is 62.5 Å². The van der Waals surface area contributed by atoms with Crippen molar-refractivity contribution >= 4 is 23.5 Å². The molecule has 6 heteroatoms. The summed E-state index contributed by atoms with van der Waals surface area (Å²) in [5, 5.41) is 12.5. The number of nitrogens with one attached hydrogen (secondary N) is 1. The first-order valence-electron chi connectivity index (χ1n) is 9.28. The smallest absolute Gasteiger partial charge is 0.315 e. The molecular weight excluding hydrogens is 356 g/mol. The van der Waals surface area contributed by atoms with Crippen molar-refractivity contribution in [3.8, 4) is 0 Å². The van der Waals surface area contributed by atoms with E-state index in [0.29, 0.717) is 16.8 Å². The van der Waals surface area contributed by atoms with Crippen molar-refractivity contribution in [3.05, 3.63) is 65.7 Å². The first-order valence-corrected chi connectivity index (χ1v) is 9.28. The summed E-state index contributed by atoms with van der Waals surface area (Å²) in [5.41, 5.74) is 0.215. The number of carboxylic acids is 1. The molecule has 1 saturated carbocycles. The second kappa shape index (κ2) is 7.84. The van der Waals surface area contributed by atoms with Crippen molar-refractivity contribution in [3.63, 3.8) is 0 Å². The van der Waals surface area contributed by atoms with Gasteiger partial charge in [0, 0.05) is 19.5 Å². The third-order valence-electron chi connectivity index (χ3n) is 5.25. The van der Waals surface area contributed by atoms with Gasteiger partial charge in [-0.2, -0.15) is 0 Å². The molecule has 2 aromatic carbocycles. The number of hydrogen-bond donors (Lipinski definition) is 2. The molecule has 1 aliphatic rings. The number of carbonyl (C=O) groups is 3. The lowest BCUT2D eigenvalue weighted by Gasteiger charge is -2.26. The van der Waals surface area contributed by atoms with Gasteiger partial charge in [0.1, 0.15) is 5.41 Å². The number of benzene rings is 2. The average molecular weight is 380 g/mol. The minimum atomic E-state index is -1.26.